The van der Waals surface area contributed by atoms with Crippen LogP contribution in [0.25, 0.3) is 0 Å². The Hall–Kier alpha value is -0.380. The number of halogens is 2. The zero-order chi connectivity index (χ0) is 8.27. The number of carbonyl (C=O) groups is 1. The third kappa shape index (κ3) is 2.93. The Morgan fingerprint density at radius 3 is 2.25 bits per heavy atom. The summed E-state index contributed by atoms with van der Waals surface area (Å²) in [7, 11) is 0. The first-order valence-corrected chi connectivity index (χ1v) is 4.32. The summed E-state index contributed by atoms with van der Waals surface area (Å²) in [6, 6.07) is 7.34. The predicted molar refractivity (Wildman–Crippen MR) is 53.8 cm³/mol. The molecule has 4 heteroatoms. The first kappa shape index (κ1) is 11.6. The summed E-state index contributed by atoms with van der Waals surface area (Å²) in [6.07, 6.45) is 0.713. The molecule has 2 nitrogen and oxygen atoms in total. The molecule has 66 valence electrons. The molecule has 0 aromatic heterocycles. The molecule has 0 saturated heterocycles. The van der Waals surface area contributed by atoms with Gasteiger partial charge in [-0.1, -0.05) is 28.1 Å². The molecule has 12 heavy (non-hydrogen) atoms. The van der Waals surface area contributed by atoms with Gasteiger partial charge in [0.05, 0.1) is 0 Å². The minimum Gasteiger partial charge on any atom is -0.344 e. The van der Waals surface area contributed by atoms with Crippen molar-refractivity contribution in [3.63, 3.8) is 0 Å². The molecule has 1 atom stereocenters. The predicted octanol–water partition coefficient (Wildman–Crippen LogP) is 3.09. The molecule has 0 spiro atoms. The van der Waals surface area contributed by atoms with Crippen LogP contribution in [0.2, 0.25) is 0 Å². The molecule has 1 aromatic carbocycles. The number of aldehydes is 1. The minimum absolute atomic E-state index is 0. The highest BCUT2D eigenvalue weighted by atomic mass is 79.9. The molecule has 1 rings (SSSR count). The molecule has 0 aliphatic rings. The second-order valence-electron chi connectivity index (χ2n) is 2.09. The monoisotopic (exact) mass is 249 g/mol. The van der Waals surface area contributed by atoms with Crippen molar-refractivity contribution in [1.29, 1.82) is 0 Å². The fraction of sp³-hybridized carbons (Fsp3) is 0.125. The molecule has 0 saturated carbocycles. The van der Waals surface area contributed by atoms with Gasteiger partial charge >= 0.3 is 0 Å². The highest BCUT2D eigenvalue weighted by Gasteiger charge is 2.03. The van der Waals surface area contributed by atoms with Crippen LogP contribution in [-0.4, -0.2) is 6.29 Å². The molecule has 1 unspecified atom stereocenters. The van der Waals surface area contributed by atoms with Crippen molar-refractivity contribution in [1.82, 2.24) is 6.15 Å². The summed E-state index contributed by atoms with van der Waals surface area (Å²) < 4.78 is 0.982. The van der Waals surface area contributed by atoms with Gasteiger partial charge in [-0.05, 0) is 17.7 Å². The van der Waals surface area contributed by atoms with Crippen molar-refractivity contribution in [2.24, 2.45) is 0 Å². The molecule has 0 heterocycles. The van der Waals surface area contributed by atoms with Crippen molar-refractivity contribution >= 4 is 33.8 Å². The molecule has 0 bridgehead atoms. The van der Waals surface area contributed by atoms with Gasteiger partial charge < -0.3 is 10.9 Å². The molecule has 3 N–H and O–H groups in total. The van der Waals surface area contributed by atoms with Gasteiger partial charge in [0, 0.05) is 4.47 Å². The van der Waals surface area contributed by atoms with Gasteiger partial charge in [-0.15, -0.1) is 11.6 Å². The van der Waals surface area contributed by atoms with Crippen LogP contribution in [0.1, 0.15) is 10.9 Å². The van der Waals surface area contributed by atoms with E-state index < -0.39 is 5.38 Å². The molecule has 1 aromatic rings. The number of hydrogen-bond acceptors (Lipinski definition) is 2. The average molecular weight is 251 g/mol. The molecular formula is C8H9BrClNO. The number of hydrogen-bond donors (Lipinski definition) is 1. The minimum atomic E-state index is -0.525. The maximum atomic E-state index is 10.2. The van der Waals surface area contributed by atoms with Crippen LogP contribution in [0.3, 0.4) is 0 Å². The van der Waals surface area contributed by atoms with Crippen LogP contribution in [-0.2, 0) is 4.79 Å². The van der Waals surface area contributed by atoms with Gasteiger partial charge in [-0.3, -0.25) is 0 Å². The van der Waals surface area contributed by atoms with E-state index in [-0.39, 0.29) is 6.15 Å². The third-order valence-corrected chi connectivity index (χ3v) is 2.19. The Kier molecular flexibility index (Phi) is 5.13. The smallest absolute Gasteiger partial charge is 0.142 e. The van der Waals surface area contributed by atoms with Crippen LogP contribution in [0, 0.1) is 0 Å². The summed E-state index contributed by atoms with van der Waals surface area (Å²) in [6.45, 7) is 0. The van der Waals surface area contributed by atoms with E-state index in [1.165, 1.54) is 0 Å². The second-order valence-corrected chi connectivity index (χ2v) is 3.48. The zero-order valence-electron chi connectivity index (χ0n) is 6.34. The van der Waals surface area contributed by atoms with Gasteiger partial charge in [0.15, 0.2) is 0 Å². The lowest BCUT2D eigenvalue weighted by Crippen LogP contribution is -1.89. The van der Waals surface area contributed by atoms with Crippen molar-refractivity contribution in [3.8, 4) is 0 Å². The van der Waals surface area contributed by atoms with Crippen LogP contribution >= 0.6 is 27.5 Å². The number of carbonyl (C=O) groups excluding carboxylic acids is 1. The maximum Gasteiger partial charge on any atom is 0.142 e. The van der Waals surface area contributed by atoms with Gasteiger partial charge in [-0.2, -0.15) is 0 Å². The lowest BCUT2D eigenvalue weighted by molar-refractivity contribution is -0.107. The summed E-state index contributed by atoms with van der Waals surface area (Å²) >= 11 is 8.94. The Morgan fingerprint density at radius 2 is 1.83 bits per heavy atom. The first-order chi connectivity index (χ1) is 5.24. The fourth-order valence-corrected chi connectivity index (χ4v) is 1.14. The summed E-state index contributed by atoms with van der Waals surface area (Å²) in [5.74, 6) is 0. The van der Waals surface area contributed by atoms with E-state index >= 15 is 0 Å². The molecule has 0 radical (unpaired) electrons. The lowest BCUT2D eigenvalue weighted by Gasteiger charge is -2.00. The van der Waals surface area contributed by atoms with Crippen LogP contribution in [0.5, 0.6) is 0 Å². The largest absolute Gasteiger partial charge is 0.344 e. The van der Waals surface area contributed by atoms with Crippen LogP contribution in [0.4, 0.5) is 0 Å². The molecule has 0 fully saturated rings. The van der Waals surface area contributed by atoms with Crippen LogP contribution < -0.4 is 6.15 Å². The van der Waals surface area contributed by atoms with Crippen molar-refractivity contribution < 1.29 is 4.79 Å². The Labute approximate surface area is 84.6 Å². The van der Waals surface area contributed by atoms with E-state index in [1.807, 2.05) is 24.3 Å². The van der Waals surface area contributed by atoms with Gasteiger partial charge in [0.25, 0.3) is 0 Å². The number of benzene rings is 1. The standard InChI is InChI=1S/C8H6BrClO.H3N/c9-7-3-1-6(2-4-7)8(10)5-11;/h1-5,8H;1H3. The van der Waals surface area contributed by atoms with E-state index in [4.69, 9.17) is 11.6 Å². The molecule has 0 aliphatic carbocycles. The van der Waals surface area contributed by atoms with E-state index in [9.17, 15) is 4.79 Å². The van der Waals surface area contributed by atoms with Gasteiger partial charge in [0.1, 0.15) is 11.7 Å². The van der Waals surface area contributed by atoms with Crippen molar-refractivity contribution in [2.45, 2.75) is 5.38 Å². The Morgan fingerprint density at radius 1 is 1.33 bits per heavy atom. The van der Waals surface area contributed by atoms with E-state index in [0.717, 1.165) is 10.0 Å². The highest BCUT2D eigenvalue weighted by molar-refractivity contribution is 9.10. The third-order valence-electron chi connectivity index (χ3n) is 1.31. The zero-order valence-corrected chi connectivity index (χ0v) is 8.68. The highest BCUT2D eigenvalue weighted by Crippen LogP contribution is 2.19. The molecule has 0 amide bonds. The topological polar surface area (TPSA) is 52.1 Å². The van der Waals surface area contributed by atoms with Crippen molar-refractivity contribution in [2.75, 3.05) is 0 Å². The van der Waals surface area contributed by atoms with Gasteiger partial charge in [-0.25, -0.2) is 0 Å². The van der Waals surface area contributed by atoms with E-state index in [1.54, 1.807) is 0 Å². The fourth-order valence-electron chi connectivity index (χ4n) is 0.725. The van der Waals surface area contributed by atoms with E-state index in [0.29, 0.717) is 6.29 Å². The Bertz CT molecular complexity index is 250. The van der Waals surface area contributed by atoms with Gasteiger partial charge in [0.2, 0.25) is 0 Å². The Balaban J connectivity index is 0.00000121. The number of rotatable bonds is 2. The normalized spacial score (nSPS) is 11.5. The first-order valence-electron chi connectivity index (χ1n) is 3.09. The second kappa shape index (κ2) is 5.30. The average Bonchev–Trinajstić information content (AvgIpc) is 2.05. The van der Waals surface area contributed by atoms with E-state index in [2.05, 4.69) is 15.9 Å². The maximum absolute atomic E-state index is 10.2. The molecule has 0 aliphatic heterocycles. The molecular weight excluding hydrogens is 241 g/mol. The number of alkyl halides is 1. The van der Waals surface area contributed by atoms with Crippen molar-refractivity contribution in [3.05, 3.63) is 34.3 Å². The summed E-state index contributed by atoms with van der Waals surface area (Å²) in [5, 5.41) is -0.525. The summed E-state index contributed by atoms with van der Waals surface area (Å²) in [5.41, 5.74) is 0.824. The lowest BCUT2D eigenvalue weighted by atomic mass is 10.2. The SMILES string of the molecule is N.O=CC(Cl)c1ccc(Br)cc1. The summed E-state index contributed by atoms with van der Waals surface area (Å²) in [4.78, 5) is 10.2. The quantitative estimate of drug-likeness (QED) is 0.648. The van der Waals surface area contributed by atoms with Crippen LogP contribution in [0.15, 0.2) is 28.7 Å².